The Balaban J connectivity index is 1.71. The van der Waals surface area contributed by atoms with Crippen LogP contribution in [-0.2, 0) is 14.8 Å². The molecule has 25 heavy (non-hydrogen) atoms. The molecule has 0 saturated heterocycles. The Morgan fingerprint density at radius 1 is 1.28 bits per heavy atom. The van der Waals surface area contributed by atoms with Gasteiger partial charge in [0, 0.05) is 24.6 Å². The van der Waals surface area contributed by atoms with Gasteiger partial charge in [-0.05, 0) is 49.9 Å². The number of carbonyl (C=O) groups is 1. The summed E-state index contributed by atoms with van der Waals surface area (Å²) in [4.78, 5) is 16.7. The molecule has 1 heterocycles. The lowest BCUT2D eigenvalue weighted by Gasteiger charge is -2.17. The molecule has 1 aliphatic carbocycles. The summed E-state index contributed by atoms with van der Waals surface area (Å²) in [7, 11) is -3.69. The van der Waals surface area contributed by atoms with Crippen molar-refractivity contribution in [1.29, 1.82) is 0 Å². The zero-order valence-corrected chi connectivity index (χ0v) is 14.9. The van der Waals surface area contributed by atoms with Crippen molar-refractivity contribution in [3.8, 4) is 0 Å². The highest BCUT2D eigenvalue weighted by Gasteiger charge is 2.32. The number of carbonyl (C=O) groups excluding carboxylic acids is 1. The van der Waals surface area contributed by atoms with E-state index < -0.39 is 10.0 Å². The second-order valence-corrected chi connectivity index (χ2v) is 8.27. The first-order valence-electron chi connectivity index (χ1n) is 8.67. The van der Waals surface area contributed by atoms with Crippen LogP contribution >= 0.6 is 0 Å². The number of aliphatic imine (C=N–C) groups is 1. The highest BCUT2D eigenvalue weighted by molar-refractivity contribution is 7.90. The average molecular weight is 364 g/mol. The molecule has 0 radical (unpaired) electrons. The molecule has 0 aromatic heterocycles. The van der Waals surface area contributed by atoms with Crippen LogP contribution in [0.3, 0.4) is 0 Å². The van der Waals surface area contributed by atoms with Crippen LogP contribution in [0.4, 0.5) is 5.69 Å². The van der Waals surface area contributed by atoms with Crippen LogP contribution in [0.5, 0.6) is 0 Å². The smallest absolute Gasteiger partial charge is 0.262 e. The van der Waals surface area contributed by atoms with Crippen LogP contribution < -0.4 is 15.8 Å². The molecule has 8 heteroatoms. The molecule has 136 valence electrons. The molecule has 0 bridgehead atoms. The Morgan fingerprint density at radius 3 is 2.84 bits per heavy atom. The van der Waals surface area contributed by atoms with Crippen molar-refractivity contribution in [3.63, 3.8) is 0 Å². The van der Waals surface area contributed by atoms with E-state index in [2.05, 4.69) is 15.0 Å². The number of hydrogen-bond donors (Lipinski definition) is 3. The van der Waals surface area contributed by atoms with Gasteiger partial charge < -0.3 is 11.1 Å². The molecule has 7 nitrogen and oxygen atoms in total. The van der Waals surface area contributed by atoms with E-state index in [1.54, 1.807) is 12.1 Å². The van der Waals surface area contributed by atoms with Crippen LogP contribution in [0.1, 0.15) is 32.1 Å². The number of sulfonamides is 1. The normalized spacial score (nSPS) is 23.3. The number of nitrogens with one attached hydrogen (secondary N) is 2. The molecule has 3 rings (SSSR count). The highest BCUT2D eigenvalue weighted by atomic mass is 32.2. The van der Waals surface area contributed by atoms with E-state index in [1.807, 2.05) is 0 Å². The summed E-state index contributed by atoms with van der Waals surface area (Å²) in [5, 5.41) is 2.84. The number of amides is 1. The lowest BCUT2D eigenvalue weighted by Crippen LogP contribution is -2.30. The third-order valence-electron chi connectivity index (χ3n) is 4.84. The van der Waals surface area contributed by atoms with Gasteiger partial charge in [-0.3, -0.25) is 14.5 Å². The van der Waals surface area contributed by atoms with E-state index in [9.17, 15) is 13.2 Å². The minimum absolute atomic E-state index is 0.0874. The zero-order chi connectivity index (χ0) is 17.9. The maximum absolute atomic E-state index is 12.5. The Morgan fingerprint density at radius 2 is 2.12 bits per heavy atom. The van der Waals surface area contributed by atoms with Gasteiger partial charge in [0.15, 0.2) is 0 Å². The van der Waals surface area contributed by atoms with Gasteiger partial charge in [0.1, 0.15) is 5.84 Å². The number of nitrogens with zero attached hydrogens (tertiary/aromatic N) is 1. The molecule has 0 unspecified atom stereocenters. The van der Waals surface area contributed by atoms with E-state index in [-0.39, 0.29) is 22.6 Å². The summed E-state index contributed by atoms with van der Waals surface area (Å²) in [5.41, 5.74) is 6.21. The van der Waals surface area contributed by atoms with E-state index >= 15 is 0 Å². The summed E-state index contributed by atoms with van der Waals surface area (Å²) in [5.74, 6) is 0.506. The van der Waals surface area contributed by atoms with E-state index in [4.69, 9.17) is 5.73 Å². The van der Waals surface area contributed by atoms with Gasteiger partial charge in [0.2, 0.25) is 5.91 Å². The van der Waals surface area contributed by atoms with Crippen LogP contribution in [-0.4, -0.2) is 33.3 Å². The number of nitrogens with two attached hydrogens (primary N) is 1. The molecular weight excluding hydrogens is 340 g/mol. The summed E-state index contributed by atoms with van der Waals surface area (Å²) in [6, 6.07) is 6.29. The number of amidine groups is 1. The third kappa shape index (κ3) is 4.19. The second-order valence-electron chi connectivity index (χ2n) is 6.59. The Labute approximate surface area is 148 Å². The van der Waals surface area contributed by atoms with Crippen molar-refractivity contribution in [2.24, 2.45) is 22.6 Å². The maximum Gasteiger partial charge on any atom is 0.262 e. The minimum Gasteiger partial charge on any atom is -0.330 e. The molecule has 1 aromatic rings. The Kier molecular flexibility index (Phi) is 5.39. The summed E-state index contributed by atoms with van der Waals surface area (Å²) < 4.78 is 27.4. The van der Waals surface area contributed by atoms with E-state index in [0.717, 1.165) is 25.7 Å². The molecule has 1 aromatic carbocycles. The van der Waals surface area contributed by atoms with Crippen molar-refractivity contribution in [2.45, 2.75) is 37.0 Å². The quantitative estimate of drug-likeness (QED) is 0.734. The van der Waals surface area contributed by atoms with Crippen molar-refractivity contribution < 1.29 is 13.2 Å². The monoisotopic (exact) mass is 364 g/mol. The summed E-state index contributed by atoms with van der Waals surface area (Å²) >= 11 is 0. The number of rotatable bonds is 5. The molecule has 2 atom stereocenters. The number of benzene rings is 1. The van der Waals surface area contributed by atoms with Gasteiger partial charge in [-0.1, -0.05) is 12.5 Å². The zero-order valence-electron chi connectivity index (χ0n) is 14.1. The molecular formula is C17H24N4O3S. The van der Waals surface area contributed by atoms with Crippen molar-refractivity contribution in [3.05, 3.63) is 24.3 Å². The molecule has 1 saturated carbocycles. The van der Waals surface area contributed by atoms with Gasteiger partial charge in [0.25, 0.3) is 10.0 Å². The Bertz CT molecular complexity index is 776. The average Bonchev–Trinajstić information content (AvgIpc) is 3.25. The van der Waals surface area contributed by atoms with Crippen LogP contribution in [0.15, 0.2) is 34.2 Å². The molecule has 4 N–H and O–H groups in total. The topological polar surface area (TPSA) is 114 Å². The molecule has 1 amide bonds. The van der Waals surface area contributed by atoms with E-state index in [0.29, 0.717) is 31.0 Å². The largest absolute Gasteiger partial charge is 0.330 e. The summed E-state index contributed by atoms with van der Waals surface area (Å²) in [6.07, 6.45) is 4.29. The molecule has 1 aliphatic heterocycles. The fraction of sp³-hybridized carbons (Fsp3) is 0.529. The van der Waals surface area contributed by atoms with Gasteiger partial charge in [-0.25, -0.2) is 8.42 Å². The molecule has 0 spiro atoms. The van der Waals surface area contributed by atoms with Gasteiger partial charge >= 0.3 is 0 Å². The van der Waals surface area contributed by atoms with Crippen LogP contribution in [0.25, 0.3) is 0 Å². The number of anilines is 1. The van der Waals surface area contributed by atoms with Crippen LogP contribution in [0, 0.1) is 11.8 Å². The predicted molar refractivity (Wildman–Crippen MR) is 96.8 cm³/mol. The standard InChI is InChI=1S/C17H24N4O3S/c18-11-12-4-1-7-15(12)17(22)20-13-5-2-6-14(10-13)25(23,24)21-16-8-3-9-19-16/h2,5-6,10,12,15H,1,3-4,7-9,11,18H2,(H,19,21)(H,20,22)/t12-,15-/m1/s1. The summed E-state index contributed by atoms with van der Waals surface area (Å²) in [6.45, 7) is 1.15. The van der Waals surface area contributed by atoms with Crippen molar-refractivity contribution >= 4 is 27.5 Å². The number of hydrogen-bond acceptors (Lipinski definition) is 5. The molecule has 2 aliphatic rings. The van der Waals surface area contributed by atoms with Crippen LogP contribution in [0.2, 0.25) is 0 Å². The Hall–Kier alpha value is -1.93. The minimum atomic E-state index is -3.69. The first kappa shape index (κ1) is 17.9. The van der Waals surface area contributed by atoms with Gasteiger partial charge in [-0.2, -0.15) is 0 Å². The fourth-order valence-corrected chi connectivity index (χ4v) is 4.61. The second kappa shape index (κ2) is 7.53. The fourth-order valence-electron chi connectivity index (χ4n) is 3.48. The van der Waals surface area contributed by atoms with Gasteiger partial charge in [-0.15, -0.1) is 0 Å². The first-order chi connectivity index (χ1) is 12.0. The lowest BCUT2D eigenvalue weighted by atomic mass is 9.95. The van der Waals surface area contributed by atoms with Crippen molar-refractivity contribution in [1.82, 2.24) is 4.72 Å². The molecule has 1 fully saturated rings. The van der Waals surface area contributed by atoms with E-state index in [1.165, 1.54) is 12.1 Å². The predicted octanol–water partition coefficient (Wildman–Crippen LogP) is 1.47. The lowest BCUT2D eigenvalue weighted by molar-refractivity contribution is -0.120. The van der Waals surface area contributed by atoms with Crippen molar-refractivity contribution in [2.75, 3.05) is 18.4 Å². The maximum atomic E-state index is 12.5. The first-order valence-corrected chi connectivity index (χ1v) is 10.1. The highest BCUT2D eigenvalue weighted by Crippen LogP contribution is 2.32. The SMILES string of the molecule is NC[C@H]1CCC[C@H]1C(=O)Nc1cccc(S(=O)(=O)NC2=NCCC2)c1. The van der Waals surface area contributed by atoms with Gasteiger partial charge in [0.05, 0.1) is 4.90 Å². The third-order valence-corrected chi connectivity index (χ3v) is 6.22.